The van der Waals surface area contributed by atoms with Crippen molar-refractivity contribution in [2.24, 2.45) is 0 Å². The minimum Gasteiger partial charge on any atom is -0.497 e. The second-order valence-electron chi connectivity index (χ2n) is 5.33. The first-order valence-corrected chi connectivity index (χ1v) is 7.19. The summed E-state index contributed by atoms with van der Waals surface area (Å²) in [5, 5.41) is 11.1. The Morgan fingerprint density at radius 1 is 1.35 bits per heavy atom. The van der Waals surface area contributed by atoms with Gasteiger partial charge in [0.15, 0.2) is 0 Å². The van der Waals surface area contributed by atoms with Crippen molar-refractivity contribution in [2.45, 2.75) is 44.3 Å². The van der Waals surface area contributed by atoms with Gasteiger partial charge in [-0.1, -0.05) is 13.3 Å². The first-order valence-electron chi connectivity index (χ1n) is 7.19. The average molecular weight is 280 g/mol. The lowest BCUT2D eigenvalue weighted by Gasteiger charge is -2.38. The third-order valence-electron chi connectivity index (χ3n) is 3.95. The molecule has 0 spiro atoms. The van der Waals surface area contributed by atoms with Crippen LogP contribution >= 0.6 is 0 Å². The maximum Gasteiger partial charge on any atom is 0.125 e. The van der Waals surface area contributed by atoms with Gasteiger partial charge in [-0.25, -0.2) is 0 Å². The zero-order valence-corrected chi connectivity index (χ0v) is 12.5. The molecule has 2 unspecified atom stereocenters. The molecular formula is C16H24O4. The Bertz CT molecular complexity index is 444. The summed E-state index contributed by atoms with van der Waals surface area (Å²) in [6.07, 6.45) is 3.31. The number of aliphatic hydroxyl groups is 1. The van der Waals surface area contributed by atoms with E-state index in [9.17, 15) is 5.11 Å². The van der Waals surface area contributed by atoms with Gasteiger partial charge in [0.25, 0.3) is 0 Å². The molecule has 20 heavy (non-hydrogen) atoms. The Balaban J connectivity index is 2.32. The number of ether oxygens (including phenoxy) is 3. The second-order valence-corrected chi connectivity index (χ2v) is 5.33. The fourth-order valence-corrected chi connectivity index (χ4v) is 2.86. The molecule has 0 amide bonds. The summed E-state index contributed by atoms with van der Waals surface area (Å²) >= 11 is 0. The van der Waals surface area contributed by atoms with Crippen LogP contribution in [0.1, 0.15) is 38.2 Å². The largest absolute Gasteiger partial charge is 0.497 e. The molecule has 1 aromatic rings. The zero-order valence-electron chi connectivity index (χ0n) is 12.5. The highest BCUT2D eigenvalue weighted by atomic mass is 16.5. The van der Waals surface area contributed by atoms with Crippen molar-refractivity contribution < 1.29 is 19.3 Å². The van der Waals surface area contributed by atoms with Crippen LogP contribution in [-0.4, -0.2) is 32.0 Å². The van der Waals surface area contributed by atoms with E-state index >= 15 is 0 Å². The molecule has 1 saturated heterocycles. The van der Waals surface area contributed by atoms with Gasteiger partial charge in [-0.3, -0.25) is 0 Å². The van der Waals surface area contributed by atoms with Crippen LogP contribution in [0, 0.1) is 0 Å². The molecule has 1 N–H and O–H groups in total. The number of hydrogen-bond acceptors (Lipinski definition) is 4. The molecule has 1 fully saturated rings. The third-order valence-corrected chi connectivity index (χ3v) is 3.95. The lowest BCUT2D eigenvalue weighted by Crippen LogP contribution is -2.38. The molecule has 1 heterocycles. The van der Waals surface area contributed by atoms with Gasteiger partial charge in [0, 0.05) is 18.4 Å². The van der Waals surface area contributed by atoms with Crippen molar-refractivity contribution in [3.05, 3.63) is 23.8 Å². The minimum atomic E-state index is -0.905. The van der Waals surface area contributed by atoms with Crippen molar-refractivity contribution >= 4 is 0 Å². The normalized spacial score (nSPS) is 26.3. The third kappa shape index (κ3) is 3.07. The zero-order chi connectivity index (χ0) is 14.6. The Morgan fingerprint density at radius 3 is 2.80 bits per heavy atom. The first kappa shape index (κ1) is 15.1. The average Bonchev–Trinajstić information content (AvgIpc) is 2.47. The van der Waals surface area contributed by atoms with Gasteiger partial charge in [-0.15, -0.1) is 0 Å². The fraction of sp³-hybridized carbons (Fsp3) is 0.625. The predicted octanol–water partition coefficient (Wildman–Crippen LogP) is 2.87. The predicted molar refractivity (Wildman–Crippen MR) is 77.3 cm³/mol. The van der Waals surface area contributed by atoms with Crippen LogP contribution in [0.15, 0.2) is 18.2 Å². The van der Waals surface area contributed by atoms with E-state index in [0.717, 1.165) is 24.2 Å². The lowest BCUT2D eigenvalue weighted by molar-refractivity contribution is -0.110. The van der Waals surface area contributed by atoms with Crippen molar-refractivity contribution in [1.29, 1.82) is 0 Å². The molecule has 4 heteroatoms. The van der Waals surface area contributed by atoms with E-state index in [-0.39, 0.29) is 6.10 Å². The van der Waals surface area contributed by atoms with E-state index in [0.29, 0.717) is 25.2 Å². The van der Waals surface area contributed by atoms with Crippen molar-refractivity contribution in [3.8, 4) is 11.5 Å². The fourth-order valence-electron chi connectivity index (χ4n) is 2.86. The maximum absolute atomic E-state index is 11.1. The quantitative estimate of drug-likeness (QED) is 0.901. The van der Waals surface area contributed by atoms with Gasteiger partial charge in [0.05, 0.1) is 32.5 Å². The van der Waals surface area contributed by atoms with E-state index in [1.807, 2.05) is 18.2 Å². The first-order chi connectivity index (χ1) is 9.62. The van der Waals surface area contributed by atoms with Gasteiger partial charge in [-0.2, -0.15) is 0 Å². The van der Waals surface area contributed by atoms with E-state index in [2.05, 4.69) is 6.92 Å². The molecule has 2 rings (SSSR count). The highest BCUT2D eigenvalue weighted by Gasteiger charge is 2.38. The van der Waals surface area contributed by atoms with Gasteiger partial charge < -0.3 is 19.3 Å². The van der Waals surface area contributed by atoms with Gasteiger partial charge in [0.2, 0.25) is 0 Å². The Morgan fingerprint density at radius 2 is 2.15 bits per heavy atom. The van der Waals surface area contributed by atoms with Gasteiger partial charge in [-0.05, 0) is 24.6 Å². The number of hydrogen-bond donors (Lipinski definition) is 1. The molecule has 0 saturated carbocycles. The van der Waals surface area contributed by atoms with Crippen LogP contribution in [0.3, 0.4) is 0 Å². The lowest BCUT2D eigenvalue weighted by atomic mass is 9.82. The molecule has 0 aliphatic carbocycles. The van der Waals surface area contributed by atoms with Crippen LogP contribution in [-0.2, 0) is 10.3 Å². The Hall–Kier alpha value is -1.26. The molecular weight excluding hydrogens is 256 g/mol. The van der Waals surface area contributed by atoms with Gasteiger partial charge >= 0.3 is 0 Å². The van der Waals surface area contributed by atoms with Crippen molar-refractivity contribution in [2.75, 3.05) is 20.8 Å². The van der Waals surface area contributed by atoms with E-state index in [1.54, 1.807) is 14.2 Å². The van der Waals surface area contributed by atoms with Gasteiger partial charge in [0.1, 0.15) is 11.5 Å². The van der Waals surface area contributed by atoms with Crippen LogP contribution < -0.4 is 9.47 Å². The second kappa shape index (κ2) is 6.46. The Labute approximate surface area is 120 Å². The van der Waals surface area contributed by atoms with Crippen LogP contribution in [0.5, 0.6) is 11.5 Å². The topological polar surface area (TPSA) is 47.9 Å². The summed E-state index contributed by atoms with van der Waals surface area (Å²) in [5.41, 5.74) is -0.110. The summed E-state index contributed by atoms with van der Waals surface area (Å²) in [6, 6.07) is 5.55. The maximum atomic E-state index is 11.1. The molecule has 0 bridgehead atoms. The van der Waals surface area contributed by atoms with E-state index < -0.39 is 5.60 Å². The smallest absolute Gasteiger partial charge is 0.125 e. The highest BCUT2D eigenvalue weighted by Crippen LogP contribution is 2.41. The summed E-state index contributed by atoms with van der Waals surface area (Å²) in [5.74, 6) is 1.43. The number of rotatable bonds is 5. The van der Waals surface area contributed by atoms with E-state index in [4.69, 9.17) is 14.2 Å². The monoisotopic (exact) mass is 280 g/mol. The molecule has 1 aliphatic rings. The minimum absolute atomic E-state index is 0.106. The molecule has 4 nitrogen and oxygen atoms in total. The summed E-state index contributed by atoms with van der Waals surface area (Å²) < 4.78 is 16.4. The van der Waals surface area contributed by atoms with E-state index in [1.165, 1.54) is 0 Å². The molecule has 2 atom stereocenters. The molecule has 1 aliphatic heterocycles. The van der Waals surface area contributed by atoms with Crippen molar-refractivity contribution in [3.63, 3.8) is 0 Å². The Kier molecular flexibility index (Phi) is 4.89. The van der Waals surface area contributed by atoms with Crippen LogP contribution in [0.4, 0.5) is 0 Å². The van der Waals surface area contributed by atoms with Crippen LogP contribution in [0.2, 0.25) is 0 Å². The highest BCUT2D eigenvalue weighted by molar-refractivity contribution is 5.44. The SMILES string of the molecule is CCCC1CC(O)(c2cc(OC)ccc2OC)CCO1. The summed E-state index contributed by atoms with van der Waals surface area (Å²) in [7, 11) is 3.25. The molecule has 0 radical (unpaired) electrons. The van der Waals surface area contributed by atoms with Crippen molar-refractivity contribution in [1.82, 2.24) is 0 Å². The molecule has 112 valence electrons. The summed E-state index contributed by atoms with van der Waals surface area (Å²) in [6.45, 7) is 2.70. The standard InChI is InChI=1S/C16H24O4/c1-4-5-13-11-16(17,8-9-20-13)14-10-12(18-2)6-7-15(14)19-3/h6-7,10,13,17H,4-5,8-9,11H2,1-3H3. The number of methoxy groups -OCH3 is 2. The number of benzene rings is 1. The van der Waals surface area contributed by atoms with Crippen LogP contribution in [0.25, 0.3) is 0 Å². The molecule has 0 aromatic heterocycles. The molecule has 1 aromatic carbocycles. The summed E-state index contributed by atoms with van der Waals surface area (Å²) in [4.78, 5) is 0.